The highest BCUT2D eigenvalue weighted by Crippen LogP contribution is 2.06. The Morgan fingerprint density at radius 2 is 2.11 bits per heavy atom. The number of amides is 1. The Bertz CT molecular complexity index is 296. The second kappa shape index (κ2) is 13.1. The molecule has 0 saturated carbocycles. The summed E-state index contributed by atoms with van der Waals surface area (Å²) in [6.07, 6.45) is 4.16. The van der Waals surface area contributed by atoms with Gasteiger partial charge in [0.25, 0.3) is 0 Å². The van der Waals surface area contributed by atoms with Crippen LogP contribution in [-0.2, 0) is 11.2 Å². The summed E-state index contributed by atoms with van der Waals surface area (Å²) in [6.45, 7) is 4.68. The predicted octanol–water partition coefficient (Wildman–Crippen LogP) is 2.04. The molecule has 106 valence electrons. The third-order valence-electron chi connectivity index (χ3n) is 2.10. The maximum Gasteiger partial charge on any atom is 0.220 e. The van der Waals surface area contributed by atoms with Gasteiger partial charge in [0, 0.05) is 37.5 Å². The molecule has 0 unspecified atom stereocenters. The van der Waals surface area contributed by atoms with Gasteiger partial charge in [0.15, 0.2) is 0 Å². The molecule has 0 aromatic carbocycles. The number of hydrogen-bond donors (Lipinski definition) is 2. The molecule has 1 aromatic heterocycles. The molecule has 1 amide bonds. The van der Waals surface area contributed by atoms with Crippen LogP contribution in [0.2, 0.25) is 0 Å². The number of nitrogens with one attached hydrogen (secondary N) is 2. The van der Waals surface area contributed by atoms with Gasteiger partial charge < -0.3 is 10.6 Å². The van der Waals surface area contributed by atoms with Crippen molar-refractivity contribution in [2.24, 2.45) is 0 Å². The SMILES string of the molecule is CCCNCCNC(=O)CCc1nccs1.Cl.Cl. The van der Waals surface area contributed by atoms with Gasteiger partial charge in [-0.3, -0.25) is 4.79 Å². The Balaban J connectivity index is 0. The van der Waals surface area contributed by atoms with Gasteiger partial charge in [0.2, 0.25) is 5.91 Å². The first-order valence-electron chi connectivity index (χ1n) is 5.68. The Kier molecular flexibility index (Phi) is 14.5. The molecule has 0 aliphatic heterocycles. The summed E-state index contributed by atoms with van der Waals surface area (Å²) in [5.41, 5.74) is 0. The summed E-state index contributed by atoms with van der Waals surface area (Å²) in [7, 11) is 0. The fourth-order valence-electron chi connectivity index (χ4n) is 1.28. The molecule has 0 saturated heterocycles. The lowest BCUT2D eigenvalue weighted by atomic mass is 10.3. The van der Waals surface area contributed by atoms with Crippen LogP contribution in [0.15, 0.2) is 11.6 Å². The van der Waals surface area contributed by atoms with Crippen LogP contribution in [-0.4, -0.2) is 30.5 Å². The molecular weight excluding hydrogens is 293 g/mol. The van der Waals surface area contributed by atoms with Gasteiger partial charge in [0.05, 0.1) is 5.01 Å². The Morgan fingerprint density at radius 3 is 2.72 bits per heavy atom. The lowest BCUT2D eigenvalue weighted by Crippen LogP contribution is -2.32. The van der Waals surface area contributed by atoms with Crippen molar-refractivity contribution in [3.8, 4) is 0 Å². The standard InChI is InChI=1S/C11H19N3OS.2ClH/c1-2-5-12-6-7-13-10(15)3-4-11-14-8-9-16-11;;/h8-9,12H,2-7H2,1H3,(H,13,15);2*1H. The molecule has 0 fully saturated rings. The lowest BCUT2D eigenvalue weighted by molar-refractivity contribution is -0.121. The first kappa shape index (κ1) is 20.0. The fourth-order valence-corrected chi connectivity index (χ4v) is 1.90. The third kappa shape index (κ3) is 9.65. The molecule has 0 aliphatic carbocycles. The largest absolute Gasteiger partial charge is 0.355 e. The average molecular weight is 314 g/mol. The summed E-state index contributed by atoms with van der Waals surface area (Å²) in [6, 6.07) is 0. The smallest absolute Gasteiger partial charge is 0.220 e. The van der Waals surface area contributed by atoms with E-state index in [1.54, 1.807) is 17.5 Å². The van der Waals surface area contributed by atoms with Gasteiger partial charge in [-0.2, -0.15) is 0 Å². The van der Waals surface area contributed by atoms with Gasteiger partial charge in [-0.05, 0) is 13.0 Å². The normalized spacial score (nSPS) is 9.17. The summed E-state index contributed by atoms with van der Waals surface area (Å²) in [5.74, 6) is 0.105. The third-order valence-corrected chi connectivity index (χ3v) is 2.94. The molecule has 1 rings (SSSR count). The van der Waals surface area contributed by atoms with Crippen molar-refractivity contribution in [3.63, 3.8) is 0 Å². The Labute approximate surface area is 125 Å². The molecule has 1 aromatic rings. The van der Waals surface area contributed by atoms with Crippen LogP contribution < -0.4 is 10.6 Å². The number of hydrogen-bond acceptors (Lipinski definition) is 4. The van der Waals surface area contributed by atoms with Gasteiger partial charge in [-0.1, -0.05) is 6.92 Å². The van der Waals surface area contributed by atoms with Crippen molar-refractivity contribution in [2.45, 2.75) is 26.2 Å². The van der Waals surface area contributed by atoms with Crippen molar-refractivity contribution in [1.82, 2.24) is 15.6 Å². The summed E-state index contributed by atoms with van der Waals surface area (Å²) >= 11 is 1.60. The second-order valence-electron chi connectivity index (χ2n) is 3.53. The summed E-state index contributed by atoms with van der Waals surface area (Å²) < 4.78 is 0. The van der Waals surface area contributed by atoms with Gasteiger partial charge >= 0.3 is 0 Å². The number of aryl methyl sites for hydroxylation is 1. The topological polar surface area (TPSA) is 54.0 Å². The van der Waals surface area contributed by atoms with E-state index in [0.29, 0.717) is 13.0 Å². The predicted molar refractivity (Wildman–Crippen MR) is 81.1 cm³/mol. The highest BCUT2D eigenvalue weighted by Gasteiger charge is 2.02. The van der Waals surface area contributed by atoms with Crippen molar-refractivity contribution in [3.05, 3.63) is 16.6 Å². The van der Waals surface area contributed by atoms with Gasteiger partial charge in [-0.15, -0.1) is 36.2 Å². The van der Waals surface area contributed by atoms with Crippen LogP contribution in [0.25, 0.3) is 0 Å². The van der Waals surface area contributed by atoms with Crippen LogP contribution in [0.3, 0.4) is 0 Å². The molecular formula is C11H21Cl2N3OS. The van der Waals surface area contributed by atoms with Crippen LogP contribution in [0.1, 0.15) is 24.8 Å². The molecule has 18 heavy (non-hydrogen) atoms. The average Bonchev–Trinajstić information content (AvgIpc) is 2.79. The number of halogens is 2. The van der Waals surface area contributed by atoms with Crippen LogP contribution >= 0.6 is 36.2 Å². The number of aromatic nitrogens is 1. The molecule has 1 heterocycles. The Morgan fingerprint density at radius 1 is 1.33 bits per heavy atom. The number of carbonyl (C=O) groups excluding carboxylic acids is 1. The van der Waals surface area contributed by atoms with Crippen LogP contribution in [0, 0.1) is 0 Å². The monoisotopic (exact) mass is 313 g/mol. The molecule has 0 bridgehead atoms. The number of carbonyl (C=O) groups is 1. The quantitative estimate of drug-likeness (QED) is 0.722. The molecule has 0 atom stereocenters. The van der Waals surface area contributed by atoms with Crippen molar-refractivity contribution in [1.29, 1.82) is 0 Å². The number of nitrogens with zero attached hydrogens (tertiary/aromatic N) is 1. The van der Waals surface area contributed by atoms with E-state index in [9.17, 15) is 4.79 Å². The Hall–Kier alpha value is -0.360. The molecule has 2 N–H and O–H groups in total. The molecule has 4 nitrogen and oxygen atoms in total. The molecule has 0 spiro atoms. The van der Waals surface area contributed by atoms with E-state index in [0.717, 1.165) is 30.9 Å². The zero-order valence-corrected chi connectivity index (χ0v) is 12.9. The van der Waals surface area contributed by atoms with E-state index >= 15 is 0 Å². The first-order chi connectivity index (χ1) is 7.83. The van der Waals surface area contributed by atoms with Crippen molar-refractivity contribution in [2.75, 3.05) is 19.6 Å². The summed E-state index contributed by atoms with van der Waals surface area (Å²) in [5, 5.41) is 9.07. The minimum Gasteiger partial charge on any atom is -0.355 e. The molecule has 0 aliphatic rings. The highest BCUT2D eigenvalue weighted by molar-refractivity contribution is 7.09. The maximum atomic E-state index is 11.4. The first-order valence-corrected chi connectivity index (χ1v) is 6.56. The number of thiazole rings is 1. The maximum absolute atomic E-state index is 11.4. The van der Waals surface area contributed by atoms with E-state index < -0.39 is 0 Å². The van der Waals surface area contributed by atoms with Crippen molar-refractivity contribution >= 4 is 42.1 Å². The minimum atomic E-state index is 0. The van der Waals surface area contributed by atoms with Gasteiger partial charge in [0.1, 0.15) is 0 Å². The lowest BCUT2D eigenvalue weighted by Gasteiger charge is -2.05. The van der Waals surface area contributed by atoms with E-state index in [1.165, 1.54) is 0 Å². The second-order valence-corrected chi connectivity index (χ2v) is 4.50. The van der Waals surface area contributed by atoms with E-state index in [1.807, 2.05) is 5.38 Å². The van der Waals surface area contributed by atoms with E-state index in [2.05, 4.69) is 22.5 Å². The fraction of sp³-hybridized carbons (Fsp3) is 0.636. The van der Waals surface area contributed by atoms with Gasteiger partial charge in [-0.25, -0.2) is 4.98 Å². The van der Waals surface area contributed by atoms with E-state index in [-0.39, 0.29) is 30.7 Å². The minimum absolute atomic E-state index is 0. The highest BCUT2D eigenvalue weighted by atomic mass is 35.5. The van der Waals surface area contributed by atoms with Crippen LogP contribution in [0.5, 0.6) is 0 Å². The van der Waals surface area contributed by atoms with E-state index in [4.69, 9.17) is 0 Å². The summed E-state index contributed by atoms with van der Waals surface area (Å²) in [4.78, 5) is 15.5. The van der Waals surface area contributed by atoms with Crippen LogP contribution in [0.4, 0.5) is 0 Å². The zero-order valence-electron chi connectivity index (χ0n) is 10.5. The molecule has 0 radical (unpaired) electrons. The zero-order chi connectivity index (χ0) is 11.6. The van der Waals surface area contributed by atoms with Crippen molar-refractivity contribution < 1.29 is 4.79 Å². The number of rotatable bonds is 8. The molecule has 7 heteroatoms.